The molecule has 5 heteroatoms. The molecule has 1 heterocycles. The largest absolute Gasteiger partial charge is 0.377 e. The van der Waals surface area contributed by atoms with Crippen LogP contribution in [0.2, 0.25) is 0 Å². The third-order valence-electron chi connectivity index (χ3n) is 4.66. The molecule has 0 saturated carbocycles. The van der Waals surface area contributed by atoms with E-state index in [1.54, 1.807) is 0 Å². The second-order valence-electron chi connectivity index (χ2n) is 5.79. The molecule has 4 atom stereocenters. The molecular formula is C15H21NO3S. The molecule has 3 rings (SSSR count). The highest BCUT2D eigenvalue weighted by Crippen LogP contribution is 2.36. The van der Waals surface area contributed by atoms with Gasteiger partial charge in [0, 0.05) is 12.6 Å². The third-order valence-corrected chi connectivity index (χ3v) is 7.50. The maximum atomic E-state index is 12.9. The molecule has 0 radical (unpaired) electrons. The van der Waals surface area contributed by atoms with Gasteiger partial charge in [0.1, 0.15) is 0 Å². The van der Waals surface area contributed by atoms with Crippen LogP contribution in [0, 0.1) is 0 Å². The molecule has 0 spiro atoms. The Morgan fingerprint density at radius 3 is 2.65 bits per heavy atom. The van der Waals surface area contributed by atoms with Crippen molar-refractivity contribution in [2.75, 3.05) is 6.61 Å². The average Bonchev–Trinajstić information content (AvgIpc) is 2.86. The van der Waals surface area contributed by atoms with Crippen molar-refractivity contribution in [3.63, 3.8) is 0 Å². The van der Waals surface area contributed by atoms with E-state index in [1.165, 1.54) is 5.56 Å². The van der Waals surface area contributed by atoms with Gasteiger partial charge in [0.25, 0.3) is 0 Å². The minimum Gasteiger partial charge on any atom is -0.377 e. The van der Waals surface area contributed by atoms with Crippen LogP contribution in [0.4, 0.5) is 0 Å². The Morgan fingerprint density at radius 1 is 1.20 bits per heavy atom. The monoisotopic (exact) mass is 295 g/mol. The standard InChI is InChI=1S/C15H21NO3S/c1-10-13(8-9-19-10)20(17,18)14-7-6-11-4-2-3-5-12(11)15(14)16/h2-5,10,13-15H,6-9,16H2,1H3. The number of rotatable bonds is 2. The van der Waals surface area contributed by atoms with Crippen molar-refractivity contribution >= 4 is 9.84 Å². The first-order valence-electron chi connectivity index (χ1n) is 7.19. The van der Waals surface area contributed by atoms with Gasteiger partial charge < -0.3 is 10.5 Å². The lowest BCUT2D eigenvalue weighted by Crippen LogP contribution is -2.44. The normalized spacial score (nSPS) is 33.9. The van der Waals surface area contributed by atoms with Crippen molar-refractivity contribution in [1.29, 1.82) is 0 Å². The van der Waals surface area contributed by atoms with Gasteiger partial charge in [-0.25, -0.2) is 8.42 Å². The van der Waals surface area contributed by atoms with Crippen molar-refractivity contribution in [2.24, 2.45) is 5.73 Å². The number of hydrogen-bond donors (Lipinski definition) is 1. The molecule has 4 nitrogen and oxygen atoms in total. The van der Waals surface area contributed by atoms with Gasteiger partial charge >= 0.3 is 0 Å². The van der Waals surface area contributed by atoms with Crippen LogP contribution in [0.1, 0.15) is 36.9 Å². The van der Waals surface area contributed by atoms with E-state index in [0.29, 0.717) is 19.4 Å². The van der Waals surface area contributed by atoms with Crippen molar-refractivity contribution in [3.8, 4) is 0 Å². The molecule has 1 saturated heterocycles. The quantitative estimate of drug-likeness (QED) is 0.899. The first-order valence-corrected chi connectivity index (χ1v) is 8.80. The molecule has 0 aromatic heterocycles. The number of aryl methyl sites for hydroxylation is 1. The molecule has 1 fully saturated rings. The van der Waals surface area contributed by atoms with E-state index in [4.69, 9.17) is 10.5 Å². The predicted molar refractivity (Wildman–Crippen MR) is 78.2 cm³/mol. The summed E-state index contributed by atoms with van der Waals surface area (Å²) >= 11 is 0. The SMILES string of the molecule is CC1OCCC1S(=O)(=O)C1CCc2ccccc2C1N. The van der Waals surface area contributed by atoms with Gasteiger partial charge in [-0.1, -0.05) is 24.3 Å². The van der Waals surface area contributed by atoms with Gasteiger partial charge in [-0.3, -0.25) is 0 Å². The summed E-state index contributed by atoms with van der Waals surface area (Å²) < 4.78 is 31.1. The van der Waals surface area contributed by atoms with Crippen LogP contribution in [0.15, 0.2) is 24.3 Å². The highest BCUT2D eigenvalue weighted by molar-refractivity contribution is 7.92. The molecule has 2 N–H and O–H groups in total. The summed E-state index contributed by atoms with van der Waals surface area (Å²) in [5.41, 5.74) is 8.44. The lowest BCUT2D eigenvalue weighted by molar-refractivity contribution is 0.126. The van der Waals surface area contributed by atoms with Crippen LogP contribution in [-0.4, -0.2) is 31.6 Å². The van der Waals surface area contributed by atoms with Crippen LogP contribution in [0.5, 0.6) is 0 Å². The van der Waals surface area contributed by atoms with Crippen molar-refractivity contribution in [2.45, 2.75) is 48.8 Å². The number of benzene rings is 1. The van der Waals surface area contributed by atoms with E-state index in [0.717, 1.165) is 12.0 Å². The Balaban J connectivity index is 1.92. The van der Waals surface area contributed by atoms with Gasteiger partial charge in [-0.05, 0) is 37.3 Å². The minimum absolute atomic E-state index is 0.218. The Morgan fingerprint density at radius 2 is 1.95 bits per heavy atom. The first-order chi connectivity index (χ1) is 9.51. The van der Waals surface area contributed by atoms with E-state index in [9.17, 15) is 8.42 Å². The maximum absolute atomic E-state index is 12.9. The van der Waals surface area contributed by atoms with E-state index < -0.39 is 26.4 Å². The van der Waals surface area contributed by atoms with Crippen LogP contribution in [0.3, 0.4) is 0 Å². The molecular weight excluding hydrogens is 274 g/mol. The van der Waals surface area contributed by atoms with E-state index in [1.807, 2.05) is 31.2 Å². The Kier molecular flexibility index (Phi) is 3.60. The zero-order valence-corrected chi connectivity index (χ0v) is 12.5. The van der Waals surface area contributed by atoms with Gasteiger partial charge in [0.05, 0.1) is 16.6 Å². The fourth-order valence-corrected chi connectivity index (χ4v) is 5.99. The average molecular weight is 295 g/mol. The topological polar surface area (TPSA) is 69.4 Å². The number of sulfone groups is 1. The first kappa shape index (κ1) is 14.0. The number of ether oxygens (including phenoxy) is 1. The van der Waals surface area contributed by atoms with Crippen LogP contribution in [0.25, 0.3) is 0 Å². The van der Waals surface area contributed by atoms with Gasteiger partial charge in [0.2, 0.25) is 0 Å². The zero-order valence-electron chi connectivity index (χ0n) is 11.7. The van der Waals surface area contributed by atoms with Crippen LogP contribution in [-0.2, 0) is 21.0 Å². The van der Waals surface area contributed by atoms with Crippen LogP contribution >= 0.6 is 0 Å². The zero-order chi connectivity index (χ0) is 14.3. The van der Waals surface area contributed by atoms with Gasteiger partial charge in [0.15, 0.2) is 9.84 Å². The van der Waals surface area contributed by atoms with E-state index in [2.05, 4.69) is 0 Å². The third kappa shape index (κ3) is 2.18. The molecule has 110 valence electrons. The van der Waals surface area contributed by atoms with Crippen molar-refractivity contribution in [1.82, 2.24) is 0 Å². The smallest absolute Gasteiger partial charge is 0.160 e. The summed E-state index contributed by atoms with van der Waals surface area (Å²) in [4.78, 5) is 0. The fourth-order valence-electron chi connectivity index (χ4n) is 3.50. The van der Waals surface area contributed by atoms with Gasteiger partial charge in [-0.2, -0.15) is 0 Å². The predicted octanol–water partition coefficient (Wildman–Crippen LogP) is 1.59. The summed E-state index contributed by atoms with van der Waals surface area (Å²) in [6.07, 6.45) is 1.78. The summed E-state index contributed by atoms with van der Waals surface area (Å²) in [6.45, 7) is 2.38. The van der Waals surface area contributed by atoms with Crippen molar-refractivity contribution < 1.29 is 13.2 Å². The van der Waals surface area contributed by atoms with Crippen molar-refractivity contribution in [3.05, 3.63) is 35.4 Å². The number of hydrogen-bond acceptors (Lipinski definition) is 4. The molecule has 1 aromatic carbocycles. The molecule has 4 unspecified atom stereocenters. The molecule has 2 aliphatic rings. The second-order valence-corrected chi connectivity index (χ2v) is 8.18. The Bertz CT molecular complexity index is 599. The Labute approximate surface area is 120 Å². The molecule has 0 bridgehead atoms. The summed E-state index contributed by atoms with van der Waals surface area (Å²) in [7, 11) is -3.25. The molecule has 0 amide bonds. The highest BCUT2D eigenvalue weighted by Gasteiger charge is 2.44. The summed E-state index contributed by atoms with van der Waals surface area (Å²) in [6, 6.07) is 7.48. The summed E-state index contributed by atoms with van der Waals surface area (Å²) in [5, 5.41) is -0.879. The molecule has 1 aliphatic carbocycles. The number of nitrogens with two attached hydrogens (primary N) is 1. The minimum atomic E-state index is -3.25. The lowest BCUT2D eigenvalue weighted by atomic mass is 9.88. The molecule has 1 aromatic rings. The van der Waals surface area contributed by atoms with E-state index in [-0.39, 0.29) is 6.10 Å². The Hall–Kier alpha value is -0.910. The maximum Gasteiger partial charge on any atom is 0.160 e. The number of fused-ring (bicyclic) bond motifs is 1. The molecule has 20 heavy (non-hydrogen) atoms. The van der Waals surface area contributed by atoms with Gasteiger partial charge in [-0.15, -0.1) is 0 Å². The second kappa shape index (κ2) is 5.13. The van der Waals surface area contributed by atoms with E-state index >= 15 is 0 Å². The fraction of sp³-hybridized carbons (Fsp3) is 0.600. The van der Waals surface area contributed by atoms with Crippen LogP contribution < -0.4 is 5.73 Å². The highest BCUT2D eigenvalue weighted by atomic mass is 32.2. The summed E-state index contributed by atoms with van der Waals surface area (Å²) in [5.74, 6) is 0. The lowest BCUT2D eigenvalue weighted by Gasteiger charge is -2.33. The molecule has 1 aliphatic heterocycles.